The molecule has 6 amide bonds. The van der Waals surface area contributed by atoms with Crippen LogP contribution in [0, 0.1) is 6.92 Å². The number of piperazine rings is 1. The number of benzene rings is 4. The first-order valence-corrected chi connectivity index (χ1v) is 20.4. The topological polar surface area (TPSA) is 173 Å². The highest BCUT2D eigenvalue weighted by molar-refractivity contribution is 7.17. The van der Waals surface area contributed by atoms with Crippen molar-refractivity contribution in [1.29, 1.82) is 0 Å². The van der Waals surface area contributed by atoms with Gasteiger partial charge >= 0.3 is 0 Å². The number of carbonyl (C=O) groups is 6. The molecule has 2 saturated heterocycles. The Balaban J connectivity index is 0.851. The summed E-state index contributed by atoms with van der Waals surface area (Å²) in [6.45, 7) is 4.64. The Kier molecular flexibility index (Phi) is 10.0. The summed E-state index contributed by atoms with van der Waals surface area (Å²) in [5.41, 5.74) is 5.82. The Labute approximate surface area is 348 Å². The number of carbonyl (C=O) groups excluding carboxylic acids is 6. The van der Waals surface area contributed by atoms with Crippen LogP contribution in [0.25, 0.3) is 10.1 Å². The average molecular weight is 819 g/mol. The molecular formula is C45H38N8O6S. The number of thiophene rings is 1. The quantitative estimate of drug-likeness (QED) is 0.117. The van der Waals surface area contributed by atoms with Crippen molar-refractivity contribution < 1.29 is 28.8 Å². The van der Waals surface area contributed by atoms with Crippen LogP contribution in [0.2, 0.25) is 0 Å². The monoisotopic (exact) mass is 818 g/mol. The van der Waals surface area contributed by atoms with Gasteiger partial charge in [-0.2, -0.15) is 0 Å². The molecule has 3 aliphatic rings. The Morgan fingerprint density at radius 3 is 2.22 bits per heavy atom. The molecule has 4 N–H and O–H groups in total. The third-order valence-electron chi connectivity index (χ3n) is 11.1. The molecule has 3 aliphatic heterocycles. The maximum atomic E-state index is 13.6. The molecule has 14 nitrogen and oxygen atoms in total. The number of imide groups is 2. The van der Waals surface area contributed by atoms with Gasteiger partial charge in [0.25, 0.3) is 23.6 Å². The summed E-state index contributed by atoms with van der Waals surface area (Å²) in [6, 6.07) is 28.8. The molecule has 300 valence electrons. The first-order valence-electron chi connectivity index (χ1n) is 19.5. The number of hydrogen-bond donors (Lipinski definition) is 4. The first-order chi connectivity index (χ1) is 29.1. The van der Waals surface area contributed by atoms with Crippen LogP contribution in [-0.4, -0.2) is 77.5 Å². The molecule has 2 fully saturated rings. The minimum absolute atomic E-state index is 0.0639. The van der Waals surface area contributed by atoms with E-state index in [2.05, 4.69) is 36.1 Å². The predicted molar refractivity (Wildman–Crippen MR) is 230 cm³/mol. The van der Waals surface area contributed by atoms with Crippen molar-refractivity contribution in [2.45, 2.75) is 25.8 Å². The molecule has 1 atom stereocenters. The minimum atomic E-state index is -1.01. The standard InChI is InChI=1S/C45H38N8O6S/c1-26-6-2-4-8-35(26)48-40-36(49-42(56)34-25-60-38-9-5-3-7-31(34)38)22-27(24-46-40)41(55)47-28-10-12-29(13-11-28)51-18-20-52(21-19-51)30-14-15-32-33(23-30)45(59)53(44(32)58)37-16-17-39(54)50-43(37)57/h2-15,22-25,37H,16-21H2,1H3,(H,46,48)(H,47,55)(H,49,56)(H,50,54,57). The Bertz CT molecular complexity index is 2740. The van der Waals surface area contributed by atoms with Crippen LogP contribution in [0.1, 0.15) is 59.8 Å². The van der Waals surface area contributed by atoms with E-state index in [-0.39, 0.29) is 35.4 Å². The molecule has 9 rings (SSSR count). The summed E-state index contributed by atoms with van der Waals surface area (Å²) >= 11 is 1.49. The highest BCUT2D eigenvalue weighted by Crippen LogP contribution is 2.33. The normalized spacial score (nSPS) is 16.5. The number of rotatable bonds is 9. The lowest BCUT2D eigenvalue weighted by Gasteiger charge is -2.37. The zero-order valence-electron chi connectivity index (χ0n) is 32.4. The van der Waals surface area contributed by atoms with Crippen LogP contribution < -0.4 is 31.1 Å². The first kappa shape index (κ1) is 38.1. The number of para-hydroxylation sites is 1. The maximum absolute atomic E-state index is 13.6. The van der Waals surface area contributed by atoms with Crippen LogP contribution >= 0.6 is 11.3 Å². The minimum Gasteiger partial charge on any atom is -0.368 e. The van der Waals surface area contributed by atoms with Gasteiger partial charge in [-0.05, 0) is 79.6 Å². The van der Waals surface area contributed by atoms with E-state index in [1.54, 1.807) is 18.2 Å². The van der Waals surface area contributed by atoms with E-state index in [9.17, 15) is 28.8 Å². The zero-order valence-corrected chi connectivity index (χ0v) is 33.2. The van der Waals surface area contributed by atoms with E-state index in [0.29, 0.717) is 48.9 Å². The van der Waals surface area contributed by atoms with Gasteiger partial charge in [0.2, 0.25) is 11.8 Å². The van der Waals surface area contributed by atoms with Crippen LogP contribution in [0.5, 0.6) is 0 Å². The summed E-state index contributed by atoms with van der Waals surface area (Å²) in [4.78, 5) is 87.7. The Morgan fingerprint density at radius 2 is 1.45 bits per heavy atom. The molecule has 0 saturated carbocycles. The molecule has 60 heavy (non-hydrogen) atoms. The fraction of sp³-hybridized carbons (Fsp3) is 0.178. The lowest BCUT2D eigenvalue weighted by Crippen LogP contribution is -2.54. The number of nitrogens with zero attached hydrogens (tertiary/aromatic N) is 4. The Hall–Kier alpha value is -7.39. The van der Waals surface area contributed by atoms with Gasteiger partial charge in [0.05, 0.1) is 27.9 Å². The molecule has 0 spiro atoms. The smallest absolute Gasteiger partial charge is 0.262 e. The lowest BCUT2D eigenvalue weighted by atomic mass is 10.0. The number of fused-ring (bicyclic) bond motifs is 2. The third-order valence-corrected chi connectivity index (χ3v) is 12.0. The number of hydrogen-bond acceptors (Lipinski definition) is 11. The van der Waals surface area contributed by atoms with E-state index in [1.807, 2.05) is 91.2 Å². The van der Waals surface area contributed by atoms with Gasteiger partial charge in [-0.3, -0.25) is 39.0 Å². The molecule has 15 heteroatoms. The fourth-order valence-corrected chi connectivity index (χ4v) is 8.75. The Morgan fingerprint density at radius 1 is 0.750 bits per heavy atom. The van der Waals surface area contributed by atoms with Crippen molar-refractivity contribution in [2.75, 3.05) is 51.9 Å². The van der Waals surface area contributed by atoms with Crippen molar-refractivity contribution in [2.24, 2.45) is 0 Å². The molecular weight excluding hydrogens is 781 g/mol. The van der Waals surface area contributed by atoms with Crippen LogP contribution in [-0.2, 0) is 9.59 Å². The molecule has 1 unspecified atom stereocenters. The van der Waals surface area contributed by atoms with E-state index in [1.165, 1.54) is 17.5 Å². The van der Waals surface area contributed by atoms with Gasteiger partial charge in [-0.25, -0.2) is 4.98 Å². The summed E-state index contributed by atoms with van der Waals surface area (Å²) in [5.74, 6) is -2.42. The van der Waals surface area contributed by atoms with Gasteiger partial charge in [0.15, 0.2) is 5.82 Å². The van der Waals surface area contributed by atoms with E-state index in [4.69, 9.17) is 0 Å². The molecule has 0 radical (unpaired) electrons. The van der Waals surface area contributed by atoms with Crippen molar-refractivity contribution in [3.05, 3.63) is 136 Å². The van der Waals surface area contributed by atoms with Crippen molar-refractivity contribution >= 4 is 91.1 Å². The van der Waals surface area contributed by atoms with Crippen molar-refractivity contribution in [3.63, 3.8) is 0 Å². The molecule has 2 aromatic heterocycles. The molecule has 6 aromatic rings. The number of amides is 6. The number of pyridine rings is 1. The number of aryl methyl sites for hydroxylation is 1. The van der Waals surface area contributed by atoms with E-state index >= 15 is 0 Å². The van der Waals surface area contributed by atoms with Crippen LogP contribution in [0.15, 0.2) is 109 Å². The predicted octanol–water partition coefficient (Wildman–Crippen LogP) is 6.58. The summed E-state index contributed by atoms with van der Waals surface area (Å²) in [5, 5.41) is 14.2. The maximum Gasteiger partial charge on any atom is 0.262 e. The molecule has 4 aromatic carbocycles. The summed E-state index contributed by atoms with van der Waals surface area (Å²) in [7, 11) is 0. The summed E-state index contributed by atoms with van der Waals surface area (Å²) in [6.07, 6.45) is 1.64. The number of anilines is 6. The highest BCUT2D eigenvalue weighted by Gasteiger charge is 2.44. The number of aromatic nitrogens is 1. The van der Waals surface area contributed by atoms with Crippen molar-refractivity contribution in [3.8, 4) is 0 Å². The second kappa shape index (κ2) is 15.8. The molecule has 5 heterocycles. The molecule has 0 aliphatic carbocycles. The van der Waals surface area contributed by atoms with Gasteiger partial charge in [0, 0.05) is 77.0 Å². The van der Waals surface area contributed by atoms with E-state index in [0.717, 1.165) is 37.6 Å². The third kappa shape index (κ3) is 7.30. The highest BCUT2D eigenvalue weighted by atomic mass is 32.1. The van der Waals surface area contributed by atoms with Crippen LogP contribution in [0.3, 0.4) is 0 Å². The lowest BCUT2D eigenvalue weighted by molar-refractivity contribution is -0.136. The average Bonchev–Trinajstić information content (AvgIpc) is 3.80. The van der Waals surface area contributed by atoms with Crippen LogP contribution in [0.4, 0.5) is 34.3 Å². The SMILES string of the molecule is Cc1ccccc1Nc1ncc(C(=O)Nc2ccc(N3CCN(c4ccc5c(c4)C(=O)N(C4CCC(=O)NC4=O)C5=O)CC3)cc2)cc1NC(=O)c1csc2ccccc12. The second-order valence-corrected chi connectivity index (χ2v) is 15.7. The largest absolute Gasteiger partial charge is 0.368 e. The number of piperidine rings is 1. The fourth-order valence-electron chi connectivity index (χ4n) is 7.81. The second-order valence-electron chi connectivity index (χ2n) is 14.8. The van der Waals surface area contributed by atoms with Gasteiger partial charge in [-0.15, -0.1) is 11.3 Å². The van der Waals surface area contributed by atoms with Gasteiger partial charge in [0.1, 0.15) is 6.04 Å². The van der Waals surface area contributed by atoms with Gasteiger partial charge < -0.3 is 25.8 Å². The summed E-state index contributed by atoms with van der Waals surface area (Å²) < 4.78 is 0.997. The van der Waals surface area contributed by atoms with Crippen molar-refractivity contribution in [1.82, 2.24) is 15.2 Å². The zero-order chi connectivity index (χ0) is 41.5. The number of nitrogens with one attached hydrogen (secondary N) is 4. The van der Waals surface area contributed by atoms with E-state index < -0.39 is 35.6 Å². The van der Waals surface area contributed by atoms with Gasteiger partial charge in [-0.1, -0.05) is 36.4 Å². The molecule has 0 bridgehead atoms.